The number of aromatic nitrogens is 3. The number of hydrogen-bond donors (Lipinski definition) is 0. The number of aryl methyl sites for hydroxylation is 1. The van der Waals surface area contributed by atoms with Gasteiger partial charge in [0.05, 0.1) is 0 Å². The molecule has 6 heteroatoms. The third-order valence-corrected chi connectivity index (χ3v) is 5.26. The van der Waals surface area contributed by atoms with Crippen molar-refractivity contribution >= 4 is 6.03 Å². The number of rotatable bonds is 5. The highest BCUT2D eigenvalue weighted by Crippen LogP contribution is 2.24. The standard InChI is InChI=1S/C20H29N5O/c1-4-23(5-2)20(26)24-12-6-7-17(14-24)15-25-16(3)13-22-19(25)18-8-10-21-11-9-18/h8-11,13,17H,4-7,12,14-15H2,1-3H3. The zero-order valence-electron chi connectivity index (χ0n) is 16.1. The van der Waals surface area contributed by atoms with E-state index in [0.29, 0.717) is 5.92 Å². The monoisotopic (exact) mass is 355 g/mol. The van der Waals surface area contributed by atoms with Gasteiger partial charge in [-0.15, -0.1) is 0 Å². The highest BCUT2D eigenvalue weighted by Gasteiger charge is 2.27. The molecule has 2 aromatic heterocycles. The normalized spacial score (nSPS) is 17.3. The summed E-state index contributed by atoms with van der Waals surface area (Å²) in [5.74, 6) is 1.44. The highest BCUT2D eigenvalue weighted by atomic mass is 16.2. The molecule has 140 valence electrons. The topological polar surface area (TPSA) is 54.3 Å². The largest absolute Gasteiger partial charge is 0.328 e. The molecule has 0 aromatic carbocycles. The predicted octanol–water partition coefficient (Wildman–Crippen LogP) is 3.43. The summed E-state index contributed by atoms with van der Waals surface area (Å²) in [5, 5.41) is 0. The average Bonchev–Trinajstić information content (AvgIpc) is 3.04. The Morgan fingerprint density at radius 2 is 2.00 bits per heavy atom. The van der Waals surface area contributed by atoms with Crippen molar-refractivity contribution in [2.75, 3.05) is 26.2 Å². The van der Waals surface area contributed by atoms with Crippen molar-refractivity contribution in [3.8, 4) is 11.4 Å². The highest BCUT2D eigenvalue weighted by molar-refractivity contribution is 5.74. The van der Waals surface area contributed by atoms with Crippen LogP contribution in [0.2, 0.25) is 0 Å². The summed E-state index contributed by atoms with van der Waals surface area (Å²) < 4.78 is 2.28. The van der Waals surface area contributed by atoms with Gasteiger partial charge in [0.15, 0.2) is 0 Å². The Morgan fingerprint density at radius 3 is 2.69 bits per heavy atom. The van der Waals surface area contributed by atoms with Crippen LogP contribution in [0.4, 0.5) is 4.79 Å². The molecule has 1 aliphatic heterocycles. The molecule has 0 aliphatic carbocycles. The first kappa shape index (κ1) is 18.4. The summed E-state index contributed by atoms with van der Waals surface area (Å²) in [6.07, 6.45) is 7.74. The molecule has 0 bridgehead atoms. The second-order valence-corrected chi connectivity index (χ2v) is 6.98. The lowest BCUT2D eigenvalue weighted by Crippen LogP contribution is -2.48. The fraction of sp³-hybridized carbons (Fsp3) is 0.550. The first-order valence-electron chi connectivity index (χ1n) is 9.60. The number of pyridine rings is 1. The maximum Gasteiger partial charge on any atom is 0.319 e. The van der Waals surface area contributed by atoms with Crippen molar-refractivity contribution in [2.45, 2.75) is 40.2 Å². The van der Waals surface area contributed by atoms with Crippen LogP contribution in [-0.4, -0.2) is 56.5 Å². The second-order valence-electron chi connectivity index (χ2n) is 6.98. The van der Waals surface area contributed by atoms with Crippen molar-refractivity contribution < 1.29 is 4.79 Å². The van der Waals surface area contributed by atoms with Crippen molar-refractivity contribution in [3.05, 3.63) is 36.4 Å². The Kier molecular flexibility index (Phi) is 5.91. The lowest BCUT2D eigenvalue weighted by Gasteiger charge is -2.36. The molecular weight excluding hydrogens is 326 g/mol. The molecule has 6 nitrogen and oxygen atoms in total. The third-order valence-electron chi connectivity index (χ3n) is 5.26. The quantitative estimate of drug-likeness (QED) is 0.826. The van der Waals surface area contributed by atoms with Crippen LogP contribution in [0, 0.1) is 12.8 Å². The van der Waals surface area contributed by atoms with Gasteiger partial charge in [-0.05, 0) is 51.7 Å². The van der Waals surface area contributed by atoms with Gasteiger partial charge in [0, 0.05) is 62.6 Å². The van der Waals surface area contributed by atoms with Crippen LogP contribution < -0.4 is 0 Å². The molecule has 2 amide bonds. The Morgan fingerprint density at radius 1 is 1.27 bits per heavy atom. The van der Waals surface area contributed by atoms with Gasteiger partial charge < -0.3 is 14.4 Å². The Balaban J connectivity index is 1.73. The van der Waals surface area contributed by atoms with E-state index in [0.717, 1.165) is 62.6 Å². The molecule has 3 heterocycles. The van der Waals surface area contributed by atoms with Gasteiger partial charge in [-0.25, -0.2) is 9.78 Å². The molecule has 0 saturated carbocycles. The van der Waals surface area contributed by atoms with E-state index in [1.807, 2.05) is 42.0 Å². The van der Waals surface area contributed by atoms with Gasteiger partial charge in [0.1, 0.15) is 5.82 Å². The van der Waals surface area contributed by atoms with Gasteiger partial charge in [0.25, 0.3) is 0 Å². The van der Waals surface area contributed by atoms with E-state index in [1.54, 1.807) is 12.4 Å². The van der Waals surface area contributed by atoms with Crippen LogP contribution >= 0.6 is 0 Å². The van der Waals surface area contributed by atoms with E-state index in [-0.39, 0.29) is 6.03 Å². The summed E-state index contributed by atoms with van der Waals surface area (Å²) >= 11 is 0. The number of piperidine rings is 1. The molecule has 1 unspecified atom stereocenters. The number of carbonyl (C=O) groups excluding carboxylic acids is 1. The minimum Gasteiger partial charge on any atom is -0.328 e. The summed E-state index contributed by atoms with van der Waals surface area (Å²) in [7, 11) is 0. The van der Waals surface area contributed by atoms with Crippen LogP contribution in [0.15, 0.2) is 30.7 Å². The summed E-state index contributed by atoms with van der Waals surface area (Å²) in [4.78, 5) is 25.3. The van der Waals surface area contributed by atoms with Gasteiger partial charge in [0.2, 0.25) is 0 Å². The Labute approximate surface area is 155 Å². The van der Waals surface area contributed by atoms with Crippen molar-refractivity contribution in [2.24, 2.45) is 5.92 Å². The molecule has 0 N–H and O–H groups in total. The second kappa shape index (κ2) is 8.34. The summed E-state index contributed by atoms with van der Waals surface area (Å²) in [6, 6.07) is 4.17. The molecule has 26 heavy (non-hydrogen) atoms. The molecule has 3 rings (SSSR count). The zero-order chi connectivity index (χ0) is 18.5. The van der Waals surface area contributed by atoms with Gasteiger partial charge >= 0.3 is 6.03 Å². The molecular formula is C20H29N5O. The SMILES string of the molecule is CCN(CC)C(=O)N1CCCC(Cn2c(C)cnc2-c2ccncc2)C1. The lowest BCUT2D eigenvalue weighted by atomic mass is 9.98. The molecule has 1 atom stereocenters. The van der Waals surface area contributed by atoms with Crippen molar-refractivity contribution in [3.63, 3.8) is 0 Å². The van der Waals surface area contributed by atoms with E-state index in [2.05, 4.69) is 21.5 Å². The van der Waals surface area contributed by atoms with Crippen LogP contribution in [0.1, 0.15) is 32.4 Å². The molecule has 1 saturated heterocycles. The van der Waals surface area contributed by atoms with Crippen LogP contribution in [-0.2, 0) is 6.54 Å². The van der Waals surface area contributed by atoms with Crippen LogP contribution in [0.5, 0.6) is 0 Å². The fourth-order valence-electron chi connectivity index (χ4n) is 3.76. The number of imidazole rings is 1. The minimum atomic E-state index is 0.177. The third kappa shape index (κ3) is 3.89. The lowest BCUT2D eigenvalue weighted by molar-refractivity contribution is 0.127. The zero-order valence-corrected chi connectivity index (χ0v) is 16.1. The Bertz CT molecular complexity index is 723. The smallest absolute Gasteiger partial charge is 0.319 e. The van der Waals surface area contributed by atoms with E-state index < -0.39 is 0 Å². The van der Waals surface area contributed by atoms with E-state index >= 15 is 0 Å². The predicted molar refractivity (Wildman–Crippen MR) is 103 cm³/mol. The van der Waals surface area contributed by atoms with Gasteiger partial charge in [-0.3, -0.25) is 4.98 Å². The number of nitrogens with zero attached hydrogens (tertiary/aromatic N) is 5. The van der Waals surface area contributed by atoms with Gasteiger partial charge in [-0.2, -0.15) is 0 Å². The maximum atomic E-state index is 12.7. The Hall–Kier alpha value is -2.37. The van der Waals surface area contributed by atoms with Crippen molar-refractivity contribution in [1.29, 1.82) is 0 Å². The van der Waals surface area contributed by atoms with Crippen LogP contribution in [0.3, 0.4) is 0 Å². The van der Waals surface area contributed by atoms with E-state index in [9.17, 15) is 4.79 Å². The molecule has 2 aromatic rings. The first-order valence-corrected chi connectivity index (χ1v) is 9.60. The molecule has 1 fully saturated rings. The number of carbonyl (C=O) groups is 1. The van der Waals surface area contributed by atoms with Crippen molar-refractivity contribution in [1.82, 2.24) is 24.3 Å². The molecule has 0 radical (unpaired) electrons. The number of urea groups is 1. The molecule has 0 spiro atoms. The number of likely N-dealkylation sites (tertiary alicyclic amines) is 1. The van der Waals surface area contributed by atoms with Crippen LogP contribution in [0.25, 0.3) is 11.4 Å². The average molecular weight is 355 g/mol. The number of hydrogen-bond acceptors (Lipinski definition) is 3. The van der Waals surface area contributed by atoms with E-state index in [1.165, 1.54) is 0 Å². The molecule has 1 aliphatic rings. The van der Waals surface area contributed by atoms with Gasteiger partial charge in [-0.1, -0.05) is 0 Å². The minimum absolute atomic E-state index is 0.177. The summed E-state index contributed by atoms with van der Waals surface area (Å²) in [6.45, 7) is 10.3. The maximum absolute atomic E-state index is 12.7. The summed E-state index contributed by atoms with van der Waals surface area (Å²) in [5.41, 5.74) is 2.24. The van der Waals surface area contributed by atoms with E-state index in [4.69, 9.17) is 0 Å². The first-order chi connectivity index (χ1) is 12.6. The fourth-order valence-corrected chi connectivity index (χ4v) is 3.76. The number of amides is 2.